The maximum atomic E-state index is 11.0. The van der Waals surface area contributed by atoms with E-state index in [1.165, 1.54) is 19.1 Å². The van der Waals surface area contributed by atoms with Crippen LogP contribution in [0, 0.1) is 10.1 Å². The molecular formula is C12H16N2O4. The number of ether oxygens (including phenoxy) is 1. The standard InChI is InChI=1S/C12H16N2O4/c1-9(15)18-12(7-8-13-2)10-3-5-11(6-4-10)14(16)17/h3-6,12-13H,7-8H2,1-2H3. The molecule has 0 amide bonds. The largest absolute Gasteiger partial charge is 0.458 e. The van der Waals surface area contributed by atoms with E-state index >= 15 is 0 Å². The molecule has 0 aliphatic rings. The smallest absolute Gasteiger partial charge is 0.303 e. The van der Waals surface area contributed by atoms with Crippen LogP contribution in [0.4, 0.5) is 5.69 Å². The summed E-state index contributed by atoms with van der Waals surface area (Å²) in [6.45, 7) is 2.03. The summed E-state index contributed by atoms with van der Waals surface area (Å²) >= 11 is 0. The third-order valence-electron chi connectivity index (χ3n) is 2.44. The van der Waals surface area contributed by atoms with Crippen LogP contribution in [0.15, 0.2) is 24.3 Å². The number of nitrogens with zero attached hydrogens (tertiary/aromatic N) is 1. The molecule has 98 valence electrons. The molecule has 6 nitrogen and oxygen atoms in total. The molecule has 0 heterocycles. The predicted octanol–water partition coefficient (Wildman–Crippen LogP) is 1.81. The van der Waals surface area contributed by atoms with Gasteiger partial charge in [0.1, 0.15) is 6.10 Å². The molecule has 0 aliphatic carbocycles. The van der Waals surface area contributed by atoms with Gasteiger partial charge in [0.05, 0.1) is 4.92 Å². The number of nitro benzene ring substituents is 1. The molecule has 1 atom stereocenters. The Morgan fingerprint density at radius 2 is 2.06 bits per heavy atom. The highest BCUT2D eigenvalue weighted by Crippen LogP contribution is 2.23. The number of carbonyl (C=O) groups excluding carboxylic acids is 1. The van der Waals surface area contributed by atoms with Crippen molar-refractivity contribution in [3.63, 3.8) is 0 Å². The number of nitrogens with one attached hydrogen (secondary N) is 1. The van der Waals surface area contributed by atoms with Crippen LogP contribution >= 0.6 is 0 Å². The molecule has 0 bridgehead atoms. The van der Waals surface area contributed by atoms with Gasteiger partial charge in [0.15, 0.2) is 0 Å². The predicted molar refractivity (Wildman–Crippen MR) is 66.1 cm³/mol. The molecular weight excluding hydrogens is 236 g/mol. The lowest BCUT2D eigenvalue weighted by atomic mass is 10.1. The summed E-state index contributed by atoms with van der Waals surface area (Å²) in [5.41, 5.74) is 0.778. The second kappa shape index (κ2) is 6.70. The van der Waals surface area contributed by atoms with Crippen LogP contribution in [0.3, 0.4) is 0 Å². The summed E-state index contributed by atoms with van der Waals surface area (Å²) in [4.78, 5) is 21.1. The summed E-state index contributed by atoms with van der Waals surface area (Å²) in [7, 11) is 1.81. The molecule has 0 fully saturated rings. The zero-order chi connectivity index (χ0) is 13.5. The second-order valence-electron chi connectivity index (χ2n) is 3.84. The van der Waals surface area contributed by atoms with Crippen LogP contribution in [0.1, 0.15) is 25.0 Å². The Hall–Kier alpha value is -1.95. The van der Waals surface area contributed by atoms with Crippen LogP contribution in [0.25, 0.3) is 0 Å². The topological polar surface area (TPSA) is 81.5 Å². The molecule has 0 aromatic heterocycles. The number of carbonyl (C=O) groups is 1. The first-order valence-electron chi connectivity index (χ1n) is 5.60. The van der Waals surface area contributed by atoms with Crippen molar-refractivity contribution in [1.29, 1.82) is 0 Å². The van der Waals surface area contributed by atoms with Gasteiger partial charge >= 0.3 is 5.97 Å². The fourth-order valence-electron chi connectivity index (χ4n) is 1.58. The number of non-ortho nitro benzene ring substituents is 1. The van der Waals surface area contributed by atoms with Gasteiger partial charge in [-0.05, 0) is 31.3 Å². The summed E-state index contributed by atoms with van der Waals surface area (Å²) in [5, 5.41) is 13.5. The minimum atomic E-state index is -0.460. The normalized spacial score (nSPS) is 11.9. The summed E-state index contributed by atoms with van der Waals surface area (Å²) in [6.07, 6.45) is 0.240. The average Bonchev–Trinajstić information content (AvgIpc) is 2.34. The second-order valence-corrected chi connectivity index (χ2v) is 3.84. The van der Waals surface area contributed by atoms with E-state index in [1.54, 1.807) is 19.2 Å². The van der Waals surface area contributed by atoms with Gasteiger partial charge in [-0.2, -0.15) is 0 Å². The van der Waals surface area contributed by atoms with Crippen molar-refractivity contribution in [1.82, 2.24) is 5.32 Å². The fourth-order valence-corrected chi connectivity index (χ4v) is 1.58. The van der Waals surface area contributed by atoms with Gasteiger partial charge in [-0.3, -0.25) is 14.9 Å². The van der Waals surface area contributed by atoms with Crippen molar-refractivity contribution in [3.8, 4) is 0 Å². The summed E-state index contributed by atoms with van der Waals surface area (Å²) in [5.74, 6) is -0.366. The van der Waals surface area contributed by atoms with E-state index in [0.29, 0.717) is 13.0 Å². The molecule has 1 aromatic rings. The molecule has 1 N–H and O–H groups in total. The lowest BCUT2D eigenvalue weighted by Crippen LogP contribution is -2.16. The van der Waals surface area contributed by atoms with Crippen LogP contribution in [0.2, 0.25) is 0 Å². The third-order valence-corrected chi connectivity index (χ3v) is 2.44. The molecule has 0 spiro atoms. The van der Waals surface area contributed by atoms with E-state index in [-0.39, 0.29) is 17.8 Å². The highest BCUT2D eigenvalue weighted by atomic mass is 16.6. The Kier molecular flexibility index (Phi) is 5.26. The minimum absolute atomic E-state index is 0.0222. The third kappa shape index (κ3) is 4.14. The first-order chi connectivity index (χ1) is 8.54. The summed E-state index contributed by atoms with van der Waals surface area (Å²) in [6, 6.07) is 6.04. The number of benzene rings is 1. The van der Waals surface area contributed by atoms with Gasteiger partial charge in [0, 0.05) is 25.5 Å². The molecule has 1 unspecified atom stereocenters. The van der Waals surface area contributed by atoms with Crippen molar-refractivity contribution in [2.45, 2.75) is 19.4 Å². The van der Waals surface area contributed by atoms with E-state index in [1.807, 2.05) is 0 Å². The Balaban J connectivity index is 2.83. The summed E-state index contributed by atoms with van der Waals surface area (Å²) < 4.78 is 5.19. The molecule has 0 aliphatic heterocycles. The quantitative estimate of drug-likeness (QED) is 0.474. The highest BCUT2D eigenvalue weighted by Gasteiger charge is 2.15. The van der Waals surface area contributed by atoms with Crippen molar-refractivity contribution in [2.24, 2.45) is 0 Å². The Bertz CT molecular complexity index is 417. The maximum absolute atomic E-state index is 11.0. The zero-order valence-corrected chi connectivity index (χ0v) is 10.4. The number of hydrogen-bond donors (Lipinski definition) is 1. The van der Waals surface area contributed by atoms with Crippen LogP contribution in [-0.2, 0) is 9.53 Å². The first kappa shape index (κ1) is 14.1. The molecule has 6 heteroatoms. The Labute approximate surface area is 105 Å². The molecule has 0 saturated heterocycles. The van der Waals surface area contributed by atoms with E-state index in [0.717, 1.165) is 5.56 Å². The maximum Gasteiger partial charge on any atom is 0.303 e. The molecule has 0 saturated carbocycles. The lowest BCUT2D eigenvalue weighted by molar-refractivity contribution is -0.384. The lowest BCUT2D eigenvalue weighted by Gasteiger charge is -2.17. The van der Waals surface area contributed by atoms with Crippen molar-refractivity contribution in [3.05, 3.63) is 39.9 Å². The van der Waals surface area contributed by atoms with Crippen LogP contribution in [0.5, 0.6) is 0 Å². The van der Waals surface area contributed by atoms with Crippen molar-refractivity contribution < 1.29 is 14.5 Å². The van der Waals surface area contributed by atoms with Gasteiger partial charge in [0.2, 0.25) is 0 Å². The van der Waals surface area contributed by atoms with Crippen LogP contribution < -0.4 is 5.32 Å². The number of hydrogen-bond acceptors (Lipinski definition) is 5. The SMILES string of the molecule is CNCCC(OC(C)=O)c1ccc([N+](=O)[O-])cc1. The van der Waals surface area contributed by atoms with Gasteiger partial charge in [-0.25, -0.2) is 0 Å². The molecule has 1 aromatic carbocycles. The Morgan fingerprint density at radius 3 is 2.50 bits per heavy atom. The van der Waals surface area contributed by atoms with E-state index in [2.05, 4.69) is 5.32 Å². The molecule has 0 radical (unpaired) electrons. The van der Waals surface area contributed by atoms with Gasteiger partial charge in [-0.15, -0.1) is 0 Å². The zero-order valence-electron chi connectivity index (χ0n) is 10.4. The first-order valence-corrected chi connectivity index (χ1v) is 5.60. The van der Waals surface area contributed by atoms with E-state index in [4.69, 9.17) is 4.74 Å². The Morgan fingerprint density at radius 1 is 1.44 bits per heavy atom. The molecule has 1 rings (SSSR count). The molecule has 18 heavy (non-hydrogen) atoms. The van der Waals surface area contributed by atoms with Crippen molar-refractivity contribution >= 4 is 11.7 Å². The van der Waals surface area contributed by atoms with Gasteiger partial charge < -0.3 is 10.1 Å². The monoisotopic (exact) mass is 252 g/mol. The van der Waals surface area contributed by atoms with Crippen LogP contribution in [-0.4, -0.2) is 24.5 Å². The van der Waals surface area contributed by atoms with E-state index in [9.17, 15) is 14.9 Å². The number of esters is 1. The highest BCUT2D eigenvalue weighted by molar-refractivity contribution is 5.66. The van der Waals surface area contributed by atoms with Gasteiger partial charge in [-0.1, -0.05) is 0 Å². The number of nitro groups is 1. The number of rotatable bonds is 6. The minimum Gasteiger partial charge on any atom is -0.458 e. The average molecular weight is 252 g/mol. The van der Waals surface area contributed by atoms with Gasteiger partial charge in [0.25, 0.3) is 5.69 Å². The fraction of sp³-hybridized carbons (Fsp3) is 0.417. The van der Waals surface area contributed by atoms with E-state index < -0.39 is 4.92 Å². The van der Waals surface area contributed by atoms with Crippen molar-refractivity contribution in [2.75, 3.05) is 13.6 Å².